The molecule has 2 heterocycles. The van der Waals surface area contributed by atoms with Gasteiger partial charge in [-0.1, -0.05) is 29.8 Å². The van der Waals surface area contributed by atoms with Gasteiger partial charge in [0.1, 0.15) is 11.6 Å². The summed E-state index contributed by atoms with van der Waals surface area (Å²) < 4.78 is 7.21. The number of ether oxygens (including phenoxy) is 1. The Morgan fingerprint density at radius 2 is 1.74 bits per heavy atom. The smallest absolute Gasteiger partial charge is 0.254 e. The van der Waals surface area contributed by atoms with Gasteiger partial charge in [0.25, 0.3) is 5.78 Å². The molecule has 0 unspecified atom stereocenters. The van der Waals surface area contributed by atoms with Gasteiger partial charge in [-0.25, -0.2) is 4.98 Å². The van der Waals surface area contributed by atoms with Gasteiger partial charge < -0.3 is 10.1 Å². The number of nitrogens with one attached hydrogen (secondary N) is 1. The molecule has 2 aromatic carbocycles. The van der Waals surface area contributed by atoms with Crippen molar-refractivity contribution in [3.63, 3.8) is 0 Å². The molecule has 0 radical (unpaired) electrons. The standard InChI is InChI=1S/C21H21N5O/c1-13-6-5-7-16(10-13)20-24-21-22-15(3)12-19(26(21)25-20)23-17-11-14(2)8-9-18(17)27-4/h5-12,23H,1-4H3. The molecule has 0 aliphatic rings. The van der Waals surface area contributed by atoms with Crippen LogP contribution in [0.3, 0.4) is 0 Å². The summed E-state index contributed by atoms with van der Waals surface area (Å²) in [5, 5.41) is 8.10. The van der Waals surface area contributed by atoms with Gasteiger partial charge in [0.2, 0.25) is 0 Å². The normalized spacial score (nSPS) is 11.0. The Morgan fingerprint density at radius 3 is 2.52 bits per heavy atom. The lowest BCUT2D eigenvalue weighted by Crippen LogP contribution is -2.04. The predicted octanol–water partition coefficient (Wildman–Crippen LogP) is 4.47. The van der Waals surface area contributed by atoms with E-state index in [1.165, 1.54) is 5.56 Å². The van der Waals surface area contributed by atoms with Crippen LogP contribution in [0.25, 0.3) is 17.2 Å². The van der Waals surface area contributed by atoms with Crippen LogP contribution in [0.5, 0.6) is 5.75 Å². The van der Waals surface area contributed by atoms with Gasteiger partial charge in [-0.05, 0) is 44.5 Å². The van der Waals surface area contributed by atoms with Crippen molar-refractivity contribution in [1.82, 2.24) is 19.6 Å². The zero-order chi connectivity index (χ0) is 19.0. The van der Waals surface area contributed by atoms with Crippen molar-refractivity contribution in [2.24, 2.45) is 0 Å². The topological polar surface area (TPSA) is 64.3 Å². The molecule has 2 aromatic heterocycles. The van der Waals surface area contributed by atoms with Crippen LogP contribution in [0.2, 0.25) is 0 Å². The molecule has 27 heavy (non-hydrogen) atoms. The summed E-state index contributed by atoms with van der Waals surface area (Å²) >= 11 is 0. The Kier molecular flexibility index (Phi) is 4.24. The van der Waals surface area contributed by atoms with Crippen molar-refractivity contribution in [3.05, 3.63) is 65.4 Å². The minimum atomic E-state index is 0.556. The first-order valence-electron chi connectivity index (χ1n) is 8.76. The van der Waals surface area contributed by atoms with Crippen molar-refractivity contribution in [2.75, 3.05) is 12.4 Å². The second-order valence-electron chi connectivity index (χ2n) is 6.63. The third-order valence-electron chi connectivity index (χ3n) is 4.33. The van der Waals surface area contributed by atoms with E-state index in [4.69, 9.17) is 4.74 Å². The summed E-state index contributed by atoms with van der Waals surface area (Å²) in [6, 6.07) is 16.1. The molecule has 0 saturated carbocycles. The molecule has 0 saturated heterocycles. The maximum absolute atomic E-state index is 5.48. The van der Waals surface area contributed by atoms with E-state index in [2.05, 4.69) is 39.4 Å². The van der Waals surface area contributed by atoms with E-state index >= 15 is 0 Å². The molecule has 0 aliphatic carbocycles. The van der Waals surface area contributed by atoms with E-state index < -0.39 is 0 Å². The van der Waals surface area contributed by atoms with Gasteiger partial charge >= 0.3 is 0 Å². The summed E-state index contributed by atoms with van der Waals surface area (Å²) in [7, 11) is 1.66. The molecule has 136 valence electrons. The average Bonchev–Trinajstić information content (AvgIpc) is 3.06. The summed E-state index contributed by atoms with van der Waals surface area (Å²) in [6.45, 7) is 6.04. The lowest BCUT2D eigenvalue weighted by molar-refractivity contribution is 0.416. The Bertz CT molecular complexity index is 1130. The fourth-order valence-corrected chi connectivity index (χ4v) is 3.04. The fourth-order valence-electron chi connectivity index (χ4n) is 3.04. The van der Waals surface area contributed by atoms with Crippen molar-refractivity contribution >= 4 is 17.3 Å². The highest BCUT2D eigenvalue weighted by Crippen LogP contribution is 2.29. The van der Waals surface area contributed by atoms with Gasteiger partial charge in [0, 0.05) is 17.3 Å². The number of nitrogens with zero attached hydrogens (tertiary/aromatic N) is 4. The minimum Gasteiger partial charge on any atom is -0.495 e. The predicted molar refractivity (Wildman–Crippen MR) is 107 cm³/mol. The molecule has 0 amide bonds. The first kappa shape index (κ1) is 17.0. The molecular formula is C21H21N5O. The molecular weight excluding hydrogens is 338 g/mol. The highest BCUT2D eigenvalue weighted by Gasteiger charge is 2.13. The molecule has 0 atom stereocenters. The first-order valence-corrected chi connectivity index (χ1v) is 8.76. The molecule has 1 N–H and O–H groups in total. The van der Waals surface area contributed by atoms with E-state index in [0.717, 1.165) is 34.1 Å². The van der Waals surface area contributed by atoms with E-state index in [1.807, 2.05) is 50.2 Å². The van der Waals surface area contributed by atoms with E-state index in [0.29, 0.717) is 11.6 Å². The van der Waals surface area contributed by atoms with Crippen LogP contribution in [0.15, 0.2) is 48.5 Å². The first-order chi connectivity index (χ1) is 13.0. The zero-order valence-electron chi connectivity index (χ0n) is 15.8. The number of fused-ring (bicyclic) bond motifs is 1. The molecule has 6 nitrogen and oxygen atoms in total. The number of hydrogen-bond donors (Lipinski definition) is 1. The van der Waals surface area contributed by atoms with Crippen LogP contribution >= 0.6 is 0 Å². The van der Waals surface area contributed by atoms with Crippen molar-refractivity contribution in [2.45, 2.75) is 20.8 Å². The van der Waals surface area contributed by atoms with Crippen molar-refractivity contribution in [3.8, 4) is 17.1 Å². The second-order valence-corrected chi connectivity index (χ2v) is 6.63. The van der Waals surface area contributed by atoms with E-state index in [-0.39, 0.29) is 0 Å². The lowest BCUT2D eigenvalue weighted by Gasteiger charge is -2.13. The fraction of sp³-hybridized carbons (Fsp3) is 0.190. The molecule has 6 heteroatoms. The van der Waals surface area contributed by atoms with Gasteiger partial charge in [0.05, 0.1) is 12.8 Å². The van der Waals surface area contributed by atoms with Gasteiger partial charge in [-0.2, -0.15) is 9.50 Å². The molecule has 0 bridgehead atoms. The number of aryl methyl sites for hydroxylation is 3. The monoisotopic (exact) mass is 359 g/mol. The van der Waals surface area contributed by atoms with Gasteiger partial charge in [0.15, 0.2) is 5.82 Å². The maximum Gasteiger partial charge on any atom is 0.254 e. The Balaban J connectivity index is 1.83. The quantitative estimate of drug-likeness (QED) is 0.582. The Hall–Kier alpha value is -3.41. The largest absolute Gasteiger partial charge is 0.495 e. The van der Waals surface area contributed by atoms with Gasteiger partial charge in [-0.15, -0.1) is 5.10 Å². The van der Waals surface area contributed by atoms with Gasteiger partial charge in [-0.3, -0.25) is 0 Å². The Morgan fingerprint density at radius 1 is 0.926 bits per heavy atom. The van der Waals surface area contributed by atoms with Crippen molar-refractivity contribution < 1.29 is 4.74 Å². The highest BCUT2D eigenvalue weighted by atomic mass is 16.5. The summed E-state index contributed by atoms with van der Waals surface area (Å²) in [5.41, 5.74) is 5.01. The number of hydrogen-bond acceptors (Lipinski definition) is 5. The number of methoxy groups -OCH3 is 1. The summed E-state index contributed by atoms with van der Waals surface area (Å²) in [6.07, 6.45) is 0. The van der Waals surface area contributed by atoms with Crippen molar-refractivity contribution in [1.29, 1.82) is 0 Å². The molecule has 0 aliphatic heterocycles. The number of aromatic nitrogens is 4. The number of rotatable bonds is 4. The minimum absolute atomic E-state index is 0.556. The second kappa shape index (κ2) is 6.72. The molecule has 4 aromatic rings. The maximum atomic E-state index is 5.48. The Labute approximate surface area is 157 Å². The van der Waals surface area contributed by atoms with Crippen LogP contribution in [0.4, 0.5) is 11.5 Å². The van der Waals surface area contributed by atoms with Crippen LogP contribution in [-0.2, 0) is 0 Å². The summed E-state index contributed by atoms with van der Waals surface area (Å²) in [5.74, 6) is 2.76. The van der Waals surface area contributed by atoms with Crippen LogP contribution in [-0.4, -0.2) is 26.7 Å². The highest BCUT2D eigenvalue weighted by molar-refractivity contribution is 5.67. The van der Waals surface area contributed by atoms with Crippen LogP contribution in [0, 0.1) is 20.8 Å². The molecule has 0 fully saturated rings. The van der Waals surface area contributed by atoms with Crippen LogP contribution < -0.4 is 10.1 Å². The average molecular weight is 359 g/mol. The number of anilines is 2. The third kappa shape index (κ3) is 3.33. The SMILES string of the molecule is COc1ccc(C)cc1Nc1cc(C)nc2nc(-c3cccc(C)c3)nn12. The zero-order valence-corrected chi connectivity index (χ0v) is 15.8. The van der Waals surface area contributed by atoms with E-state index in [9.17, 15) is 0 Å². The molecule has 0 spiro atoms. The lowest BCUT2D eigenvalue weighted by atomic mass is 10.1. The third-order valence-corrected chi connectivity index (χ3v) is 4.33. The van der Waals surface area contributed by atoms with Crippen LogP contribution in [0.1, 0.15) is 16.8 Å². The number of benzene rings is 2. The summed E-state index contributed by atoms with van der Waals surface area (Å²) in [4.78, 5) is 9.14. The van der Waals surface area contributed by atoms with E-state index in [1.54, 1.807) is 11.6 Å². The molecule has 4 rings (SSSR count).